The zero-order valence-electron chi connectivity index (χ0n) is 13.0. The molecular weight excluding hydrogens is 250 g/mol. The van der Waals surface area contributed by atoms with E-state index >= 15 is 0 Å². The van der Waals surface area contributed by atoms with E-state index in [0.29, 0.717) is 23.5 Å². The standard InChI is InChI=1S/C17H27NO2/c1-4-17(3)9-11-18(12-10-17)13-14-7-6-8-15(16(14)19)20-5-2/h6-8,19H,4-5,9-13H2,1-3H3. The summed E-state index contributed by atoms with van der Waals surface area (Å²) < 4.78 is 5.45. The highest BCUT2D eigenvalue weighted by Gasteiger charge is 2.28. The molecule has 0 saturated carbocycles. The number of likely N-dealkylation sites (tertiary alicyclic amines) is 1. The lowest BCUT2D eigenvalue weighted by Crippen LogP contribution is -2.37. The Morgan fingerprint density at radius 1 is 1.25 bits per heavy atom. The van der Waals surface area contributed by atoms with E-state index in [0.717, 1.165) is 25.2 Å². The average molecular weight is 277 g/mol. The van der Waals surface area contributed by atoms with Gasteiger partial charge in [0, 0.05) is 12.1 Å². The Balaban J connectivity index is 1.99. The van der Waals surface area contributed by atoms with Crippen molar-refractivity contribution < 1.29 is 9.84 Å². The van der Waals surface area contributed by atoms with Crippen molar-refractivity contribution in [1.82, 2.24) is 4.90 Å². The molecule has 0 unspecified atom stereocenters. The number of aromatic hydroxyl groups is 1. The van der Waals surface area contributed by atoms with Crippen LogP contribution < -0.4 is 4.74 Å². The SMILES string of the molecule is CCOc1cccc(CN2CCC(C)(CC)CC2)c1O. The van der Waals surface area contributed by atoms with Crippen LogP contribution >= 0.6 is 0 Å². The number of phenolic OH excluding ortho intramolecular Hbond substituents is 1. The van der Waals surface area contributed by atoms with E-state index in [1.54, 1.807) is 0 Å². The molecule has 0 amide bonds. The molecule has 3 heteroatoms. The molecule has 1 fully saturated rings. The third kappa shape index (κ3) is 3.45. The molecule has 0 aromatic heterocycles. The molecule has 20 heavy (non-hydrogen) atoms. The van der Waals surface area contributed by atoms with E-state index in [4.69, 9.17) is 4.74 Å². The van der Waals surface area contributed by atoms with Gasteiger partial charge in [-0.1, -0.05) is 32.4 Å². The number of piperidine rings is 1. The number of para-hydroxylation sites is 1. The summed E-state index contributed by atoms with van der Waals surface area (Å²) >= 11 is 0. The summed E-state index contributed by atoms with van der Waals surface area (Å²) in [6, 6.07) is 5.78. The predicted molar refractivity (Wildman–Crippen MR) is 82.2 cm³/mol. The summed E-state index contributed by atoms with van der Waals surface area (Å²) in [6.07, 6.45) is 3.75. The van der Waals surface area contributed by atoms with E-state index in [-0.39, 0.29) is 0 Å². The minimum atomic E-state index is 0.304. The highest BCUT2D eigenvalue weighted by molar-refractivity contribution is 5.45. The third-order valence-electron chi connectivity index (χ3n) is 4.69. The molecule has 3 nitrogen and oxygen atoms in total. The van der Waals surface area contributed by atoms with Crippen molar-refractivity contribution in [3.63, 3.8) is 0 Å². The Hall–Kier alpha value is -1.22. The summed E-state index contributed by atoms with van der Waals surface area (Å²) in [5, 5.41) is 10.2. The smallest absolute Gasteiger partial charge is 0.162 e. The van der Waals surface area contributed by atoms with E-state index < -0.39 is 0 Å². The van der Waals surface area contributed by atoms with Crippen molar-refractivity contribution in [2.45, 2.75) is 46.6 Å². The molecule has 1 aliphatic heterocycles. The van der Waals surface area contributed by atoms with Gasteiger partial charge in [0.05, 0.1) is 6.61 Å². The van der Waals surface area contributed by atoms with Crippen molar-refractivity contribution in [2.75, 3.05) is 19.7 Å². The maximum absolute atomic E-state index is 10.2. The topological polar surface area (TPSA) is 32.7 Å². The van der Waals surface area contributed by atoms with Crippen LogP contribution in [-0.4, -0.2) is 29.7 Å². The first kappa shape index (κ1) is 15.2. The van der Waals surface area contributed by atoms with Crippen LogP contribution in [0.15, 0.2) is 18.2 Å². The number of nitrogens with zero attached hydrogens (tertiary/aromatic N) is 1. The molecule has 1 aromatic rings. The van der Waals surface area contributed by atoms with Crippen molar-refractivity contribution in [1.29, 1.82) is 0 Å². The van der Waals surface area contributed by atoms with Crippen LogP contribution in [0.25, 0.3) is 0 Å². The first-order chi connectivity index (χ1) is 9.58. The second-order valence-electron chi connectivity index (χ2n) is 6.14. The molecule has 112 valence electrons. The molecule has 0 aliphatic carbocycles. The van der Waals surface area contributed by atoms with Crippen LogP contribution in [0, 0.1) is 5.41 Å². The van der Waals surface area contributed by atoms with Crippen LogP contribution in [0.5, 0.6) is 11.5 Å². The quantitative estimate of drug-likeness (QED) is 0.888. The number of ether oxygens (including phenoxy) is 1. The number of benzene rings is 1. The molecule has 1 heterocycles. The monoisotopic (exact) mass is 277 g/mol. The molecule has 0 atom stereocenters. The zero-order chi connectivity index (χ0) is 14.6. The van der Waals surface area contributed by atoms with Crippen molar-refractivity contribution in [3.05, 3.63) is 23.8 Å². The predicted octanol–water partition coefficient (Wildman–Crippen LogP) is 3.80. The van der Waals surface area contributed by atoms with Gasteiger partial charge in [0.25, 0.3) is 0 Å². The van der Waals surface area contributed by atoms with Crippen molar-refractivity contribution >= 4 is 0 Å². The van der Waals surface area contributed by atoms with Gasteiger partial charge in [-0.15, -0.1) is 0 Å². The van der Waals surface area contributed by atoms with Crippen LogP contribution in [0.3, 0.4) is 0 Å². The Bertz CT molecular complexity index is 437. The maximum atomic E-state index is 10.2. The molecule has 2 rings (SSSR count). The van der Waals surface area contributed by atoms with Gasteiger partial charge in [0.15, 0.2) is 11.5 Å². The maximum Gasteiger partial charge on any atom is 0.162 e. The summed E-state index contributed by atoms with van der Waals surface area (Å²) in [7, 11) is 0. The lowest BCUT2D eigenvalue weighted by Gasteiger charge is -2.39. The Labute approximate surface area is 122 Å². The lowest BCUT2D eigenvalue weighted by molar-refractivity contribution is 0.109. The minimum absolute atomic E-state index is 0.304. The van der Waals surface area contributed by atoms with E-state index in [9.17, 15) is 5.11 Å². The summed E-state index contributed by atoms with van der Waals surface area (Å²) in [4.78, 5) is 2.43. The van der Waals surface area contributed by atoms with E-state index in [1.165, 1.54) is 19.3 Å². The van der Waals surface area contributed by atoms with Gasteiger partial charge in [0.1, 0.15) is 0 Å². The Morgan fingerprint density at radius 3 is 2.55 bits per heavy atom. The molecule has 0 spiro atoms. The van der Waals surface area contributed by atoms with Gasteiger partial charge < -0.3 is 9.84 Å². The summed E-state index contributed by atoms with van der Waals surface area (Å²) in [5.41, 5.74) is 1.47. The van der Waals surface area contributed by atoms with Crippen LogP contribution in [-0.2, 0) is 6.54 Å². The first-order valence-corrected chi connectivity index (χ1v) is 7.74. The summed E-state index contributed by atoms with van der Waals surface area (Å²) in [5.74, 6) is 0.901. The second kappa shape index (κ2) is 6.49. The normalized spacial score (nSPS) is 18.9. The van der Waals surface area contributed by atoms with Crippen LogP contribution in [0.2, 0.25) is 0 Å². The van der Waals surface area contributed by atoms with E-state index in [2.05, 4.69) is 18.7 Å². The lowest BCUT2D eigenvalue weighted by atomic mass is 9.78. The Kier molecular flexibility index (Phi) is 4.92. The third-order valence-corrected chi connectivity index (χ3v) is 4.69. The number of rotatable bonds is 5. The van der Waals surface area contributed by atoms with Crippen LogP contribution in [0.1, 0.15) is 45.6 Å². The number of hydrogen-bond acceptors (Lipinski definition) is 3. The highest BCUT2D eigenvalue weighted by atomic mass is 16.5. The van der Waals surface area contributed by atoms with Gasteiger partial charge in [-0.3, -0.25) is 4.90 Å². The Morgan fingerprint density at radius 2 is 1.95 bits per heavy atom. The van der Waals surface area contributed by atoms with Gasteiger partial charge in [-0.25, -0.2) is 0 Å². The molecule has 1 saturated heterocycles. The molecule has 0 radical (unpaired) electrons. The minimum Gasteiger partial charge on any atom is -0.504 e. The second-order valence-corrected chi connectivity index (χ2v) is 6.14. The van der Waals surface area contributed by atoms with E-state index in [1.807, 2.05) is 25.1 Å². The average Bonchev–Trinajstić information content (AvgIpc) is 2.46. The molecule has 1 aromatic carbocycles. The zero-order valence-corrected chi connectivity index (χ0v) is 13.0. The largest absolute Gasteiger partial charge is 0.504 e. The fourth-order valence-corrected chi connectivity index (χ4v) is 2.81. The number of phenols is 1. The van der Waals surface area contributed by atoms with Gasteiger partial charge in [-0.2, -0.15) is 0 Å². The molecule has 1 N–H and O–H groups in total. The fourth-order valence-electron chi connectivity index (χ4n) is 2.81. The van der Waals surface area contributed by atoms with Crippen molar-refractivity contribution in [3.8, 4) is 11.5 Å². The van der Waals surface area contributed by atoms with Crippen molar-refractivity contribution in [2.24, 2.45) is 5.41 Å². The highest BCUT2D eigenvalue weighted by Crippen LogP contribution is 2.36. The van der Waals surface area contributed by atoms with Gasteiger partial charge >= 0.3 is 0 Å². The van der Waals surface area contributed by atoms with Gasteiger partial charge in [0.2, 0.25) is 0 Å². The number of hydrogen-bond donors (Lipinski definition) is 1. The molecular formula is C17H27NO2. The fraction of sp³-hybridized carbons (Fsp3) is 0.647. The van der Waals surface area contributed by atoms with Crippen LogP contribution in [0.4, 0.5) is 0 Å². The summed E-state index contributed by atoms with van der Waals surface area (Å²) in [6.45, 7) is 10.2. The molecule has 0 bridgehead atoms. The van der Waals surface area contributed by atoms with Gasteiger partial charge in [-0.05, 0) is 44.3 Å². The molecule has 1 aliphatic rings. The first-order valence-electron chi connectivity index (χ1n) is 7.74.